The lowest BCUT2D eigenvalue weighted by molar-refractivity contribution is -0.116. The highest BCUT2D eigenvalue weighted by Crippen LogP contribution is 2.34. The van der Waals surface area contributed by atoms with Gasteiger partial charge < -0.3 is 10.6 Å². The number of anilines is 1. The lowest BCUT2D eigenvalue weighted by atomic mass is 9.93. The van der Waals surface area contributed by atoms with Gasteiger partial charge in [0, 0.05) is 10.9 Å². The van der Waals surface area contributed by atoms with Crippen molar-refractivity contribution >= 4 is 50.7 Å². The van der Waals surface area contributed by atoms with Crippen molar-refractivity contribution in [2.75, 3.05) is 18.4 Å². The molecule has 0 aromatic heterocycles. The number of rotatable bonds is 4. The minimum absolute atomic E-state index is 0.0327. The average molecular weight is 380 g/mol. The van der Waals surface area contributed by atoms with Gasteiger partial charge in [0.1, 0.15) is 0 Å². The molecule has 1 aromatic rings. The molecule has 20 heavy (non-hydrogen) atoms. The molecule has 1 aliphatic rings. The smallest absolute Gasteiger partial charge is 0.224 e. The first-order valence-corrected chi connectivity index (χ1v) is 8.26. The average Bonchev–Trinajstić information content (AvgIpc) is 2.42. The summed E-state index contributed by atoms with van der Waals surface area (Å²) in [6.45, 7) is 2.10. The first-order valence-electron chi connectivity index (χ1n) is 6.71. The van der Waals surface area contributed by atoms with E-state index in [0.717, 1.165) is 36.8 Å². The van der Waals surface area contributed by atoms with E-state index in [1.165, 1.54) is 0 Å². The molecular formula is C14H17BrCl2N2O. The van der Waals surface area contributed by atoms with E-state index < -0.39 is 0 Å². The van der Waals surface area contributed by atoms with Crippen LogP contribution < -0.4 is 10.6 Å². The number of carbonyl (C=O) groups excluding carboxylic acids is 1. The van der Waals surface area contributed by atoms with Gasteiger partial charge >= 0.3 is 0 Å². The summed E-state index contributed by atoms with van der Waals surface area (Å²) >= 11 is 15.5. The van der Waals surface area contributed by atoms with E-state index >= 15 is 0 Å². The van der Waals surface area contributed by atoms with Gasteiger partial charge in [0.15, 0.2) is 0 Å². The number of nitrogens with one attached hydrogen (secondary N) is 2. The van der Waals surface area contributed by atoms with E-state index in [0.29, 0.717) is 28.1 Å². The van der Waals surface area contributed by atoms with E-state index in [4.69, 9.17) is 23.2 Å². The SMILES string of the molecule is O=C(CCC1CCNCC1)Nc1c(Cl)cc(Br)cc1Cl. The first kappa shape index (κ1) is 16.1. The Morgan fingerprint density at radius 1 is 1.30 bits per heavy atom. The molecule has 0 spiro atoms. The Balaban J connectivity index is 1.88. The molecule has 0 saturated carbocycles. The van der Waals surface area contributed by atoms with E-state index in [9.17, 15) is 4.79 Å². The maximum Gasteiger partial charge on any atom is 0.224 e. The molecule has 0 aliphatic carbocycles. The Kier molecular flexibility index (Phi) is 6.15. The van der Waals surface area contributed by atoms with Crippen LogP contribution in [0.5, 0.6) is 0 Å². The van der Waals surface area contributed by atoms with Gasteiger partial charge in [-0.25, -0.2) is 0 Å². The fourth-order valence-electron chi connectivity index (χ4n) is 2.37. The van der Waals surface area contributed by atoms with E-state index in [1.807, 2.05) is 0 Å². The van der Waals surface area contributed by atoms with Crippen LogP contribution in [-0.2, 0) is 4.79 Å². The molecule has 1 heterocycles. The van der Waals surface area contributed by atoms with Crippen molar-refractivity contribution in [3.63, 3.8) is 0 Å². The largest absolute Gasteiger partial charge is 0.324 e. The molecule has 1 aliphatic heterocycles. The molecule has 2 N–H and O–H groups in total. The van der Waals surface area contributed by atoms with Gasteiger partial charge in [-0.3, -0.25) is 4.79 Å². The third-order valence-electron chi connectivity index (χ3n) is 3.51. The zero-order chi connectivity index (χ0) is 14.5. The topological polar surface area (TPSA) is 41.1 Å². The molecule has 110 valence electrons. The van der Waals surface area contributed by atoms with Crippen molar-refractivity contribution in [3.05, 3.63) is 26.7 Å². The third-order valence-corrected chi connectivity index (χ3v) is 4.56. The van der Waals surface area contributed by atoms with Crippen molar-refractivity contribution in [2.45, 2.75) is 25.7 Å². The van der Waals surface area contributed by atoms with E-state index in [2.05, 4.69) is 26.6 Å². The summed E-state index contributed by atoms with van der Waals surface area (Å²) in [6.07, 6.45) is 3.72. The van der Waals surface area contributed by atoms with Gasteiger partial charge in [-0.1, -0.05) is 39.1 Å². The lowest BCUT2D eigenvalue weighted by Gasteiger charge is -2.22. The molecule has 6 heteroatoms. The van der Waals surface area contributed by atoms with Crippen LogP contribution >= 0.6 is 39.1 Å². The van der Waals surface area contributed by atoms with Crippen molar-refractivity contribution in [2.24, 2.45) is 5.92 Å². The minimum atomic E-state index is -0.0327. The molecule has 0 bridgehead atoms. The number of piperidine rings is 1. The fourth-order valence-corrected chi connectivity index (χ4v) is 3.67. The number of hydrogen-bond acceptors (Lipinski definition) is 2. The van der Waals surface area contributed by atoms with Crippen LogP contribution in [-0.4, -0.2) is 19.0 Å². The second-order valence-electron chi connectivity index (χ2n) is 5.02. The Labute approximate surface area is 137 Å². The second-order valence-corrected chi connectivity index (χ2v) is 6.75. The maximum absolute atomic E-state index is 12.0. The van der Waals surface area contributed by atoms with Gasteiger partial charge in [0.05, 0.1) is 15.7 Å². The predicted octanol–water partition coefficient (Wildman–Crippen LogP) is 4.47. The normalized spacial score (nSPS) is 16.1. The monoisotopic (exact) mass is 378 g/mol. The van der Waals surface area contributed by atoms with Crippen molar-refractivity contribution in [1.29, 1.82) is 0 Å². The predicted molar refractivity (Wildman–Crippen MR) is 87.6 cm³/mol. The zero-order valence-electron chi connectivity index (χ0n) is 11.0. The van der Waals surface area contributed by atoms with Crippen LogP contribution in [0.4, 0.5) is 5.69 Å². The lowest BCUT2D eigenvalue weighted by Crippen LogP contribution is -2.28. The maximum atomic E-state index is 12.0. The third kappa shape index (κ3) is 4.62. The summed E-state index contributed by atoms with van der Waals surface area (Å²) in [4.78, 5) is 12.0. The fraction of sp³-hybridized carbons (Fsp3) is 0.500. The van der Waals surface area contributed by atoms with Crippen molar-refractivity contribution in [1.82, 2.24) is 5.32 Å². The molecule has 1 amide bonds. The summed E-state index contributed by atoms with van der Waals surface area (Å²) in [7, 11) is 0. The van der Waals surface area contributed by atoms with Gasteiger partial charge in [-0.05, 0) is 50.4 Å². The summed E-state index contributed by atoms with van der Waals surface area (Å²) < 4.78 is 0.792. The number of hydrogen-bond donors (Lipinski definition) is 2. The molecule has 0 radical (unpaired) electrons. The molecule has 0 unspecified atom stereocenters. The summed E-state index contributed by atoms with van der Waals surface area (Å²) in [5.41, 5.74) is 0.492. The molecule has 1 saturated heterocycles. The number of amides is 1. The van der Waals surface area contributed by atoms with Gasteiger partial charge in [0.2, 0.25) is 5.91 Å². The first-order chi connectivity index (χ1) is 9.56. The Morgan fingerprint density at radius 3 is 2.50 bits per heavy atom. The van der Waals surface area contributed by atoms with E-state index in [1.54, 1.807) is 12.1 Å². The molecule has 1 fully saturated rings. The standard InChI is InChI=1S/C14H17BrCl2N2O/c15-10-7-11(16)14(12(17)8-10)19-13(20)2-1-9-3-5-18-6-4-9/h7-9,18H,1-6H2,(H,19,20). The van der Waals surface area contributed by atoms with Crippen LogP contribution in [0, 0.1) is 5.92 Å². The van der Waals surface area contributed by atoms with Crippen LogP contribution in [0.3, 0.4) is 0 Å². The highest BCUT2D eigenvalue weighted by Gasteiger charge is 2.16. The second kappa shape index (κ2) is 7.64. The molecule has 0 atom stereocenters. The Hall–Kier alpha value is -0.290. The number of halogens is 3. The molecule has 1 aromatic carbocycles. The number of carbonyl (C=O) groups is 1. The quantitative estimate of drug-likeness (QED) is 0.809. The van der Waals surface area contributed by atoms with Gasteiger partial charge in [-0.15, -0.1) is 0 Å². The summed E-state index contributed by atoms with van der Waals surface area (Å²) in [5, 5.41) is 7.02. The van der Waals surface area contributed by atoms with Crippen LogP contribution in [0.25, 0.3) is 0 Å². The van der Waals surface area contributed by atoms with Crippen molar-refractivity contribution in [3.8, 4) is 0 Å². The Morgan fingerprint density at radius 2 is 1.90 bits per heavy atom. The molecule has 3 nitrogen and oxygen atoms in total. The van der Waals surface area contributed by atoms with E-state index in [-0.39, 0.29) is 5.91 Å². The molecule has 2 rings (SSSR count). The number of benzene rings is 1. The van der Waals surface area contributed by atoms with Crippen molar-refractivity contribution < 1.29 is 4.79 Å². The highest BCUT2D eigenvalue weighted by atomic mass is 79.9. The van der Waals surface area contributed by atoms with Crippen LogP contribution in [0.1, 0.15) is 25.7 Å². The van der Waals surface area contributed by atoms with Crippen LogP contribution in [0.15, 0.2) is 16.6 Å². The summed E-state index contributed by atoms with van der Waals surface area (Å²) in [6, 6.07) is 3.44. The highest BCUT2D eigenvalue weighted by molar-refractivity contribution is 9.10. The zero-order valence-corrected chi connectivity index (χ0v) is 14.1. The molecular weight excluding hydrogens is 363 g/mol. The van der Waals surface area contributed by atoms with Crippen LogP contribution in [0.2, 0.25) is 10.0 Å². The Bertz CT molecular complexity index is 467. The summed E-state index contributed by atoms with van der Waals surface area (Å²) in [5.74, 6) is 0.604. The van der Waals surface area contributed by atoms with Gasteiger partial charge in [-0.2, -0.15) is 0 Å². The minimum Gasteiger partial charge on any atom is -0.324 e. The van der Waals surface area contributed by atoms with Gasteiger partial charge in [0.25, 0.3) is 0 Å².